The average Bonchev–Trinajstić information content (AvgIpc) is 2.70. The van der Waals surface area contributed by atoms with Crippen LogP contribution in [-0.4, -0.2) is 34.5 Å². The second-order valence-corrected chi connectivity index (χ2v) is 5.51. The number of hydrogen-bond donors (Lipinski definition) is 1. The number of carboxylic acids is 1. The number of aliphatic carboxylic acids is 1. The van der Waals surface area contributed by atoms with Crippen LogP contribution in [0.4, 0.5) is 0 Å². The largest absolute Gasteiger partial charge is 0.481 e. The lowest BCUT2D eigenvalue weighted by Crippen LogP contribution is -2.38. The Kier molecular flexibility index (Phi) is 5.36. The number of carbonyl (C=O) groups excluding carboxylic acids is 1. The summed E-state index contributed by atoms with van der Waals surface area (Å²) < 4.78 is 5.59. The van der Waals surface area contributed by atoms with Crippen molar-refractivity contribution >= 4 is 11.9 Å². The zero-order valence-corrected chi connectivity index (χ0v) is 12.8. The summed E-state index contributed by atoms with van der Waals surface area (Å²) in [7, 11) is 0. The van der Waals surface area contributed by atoms with Crippen LogP contribution in [0.15, 0.2) is 10.5 Å². The molecule has 1 aromatic rings. The van der Waals surface area contributed by atoms with Gasteiger partial charge in [-0.3, -0.25) is 9.59 Å². The summed E-state index contributed by atoms with van der Waals surface area (Å²) in [6.07, 6.45) is -0.0577. The van der Waals surface area contributed by atoms with Crippen LogP contribution in [0, 0.1) is 6.92 Å². The van der Waals surface area contributed by atoms with Crippen molar-refractivity contribution in [3.8, 4) is 0 Å². The number of nitrogens with zero attached hydrogens (tertiary/aromatic N) is 1. The minimum absolute atomic E-state index is 0.0568. The second kappa shape index (κ2) is 6.59. The Morgan fingerprint density at radius 1 is 1.30 bits per heavy atom. The molecule has 0 spiro atoms. The summed E-state index contributed by atoms with van der Waals surface area (Å²) in [6, 6.07) is 1.71. The molecule has 1 amide bonds. The molecule has 1 aromatic heterocycles. The van der Waals surface area contributed by atoms with Crippen LogP contribution in [0.3, 0.4) is 0 Å². The van der Waals surface area contributed by atoms with Gasteiger partial charge in [-0.1, -0.05) is 13.8 Å². The molecule has 0 radical (unpaired) electrons. The molecule has 0 aromatic carbocycles. The van der Waals surface area contributed by atoms with Crippen molar-refractivity contribution in [2.45, 2.75) is 53.0 Å². The van der Waals surface area contributed by atoms with E-state index in [4.69, 9.17) is 9.52 Å². The van der Waals surface area contributed by atoms with Gasteiger partial charge in [0.15, 0.2) is 0 Å². The smallest absolute Gasteiger partial charge is 0.305 e. The molecule has 20 heavy (non-hydrogen) atoms. The lowest BCUT2D eigenvalue weighted by molar-refractivity contribution is -0.137. The third-order valence-electron chi connectivity index (χ3n) is 3.19. The minimum Gasteiger partial charge on any atom is -0.481 e. The first-order valence-electron chi connectivity index (χ1n) is 6.87. The molecule has 5 heteroatoms. The van der Waals surface area contributed by atoms with Crippen molar-refractivity contribution in [3.05, 3.63) is 23.2 Å². The number of carboxylic acid groups (broad SMARTS) is 1. The normalized spacial score (nSPS) is 11.2. The van der Waals surface area contributed by atoms with Crippen LogP contribution in [0.5, 0.6) is 0 Å². The maximum atomic E-state index is 12.5. The fourth-order valence-corrected chi connectivity index (χ4v) is 1.97. The van der Waals surface area contributed by atoms with Crippen molar-refractivity contribution < 1.29 is 19.1 Å². The third kappa shape index (κ3) is 3.85. The van der Waals surface area contributed by atoms with Gasteiger partial charge in [0.05, 0.1) is 12.0 Å². The lowest BCUT2D eigenvalue weighted by atomic mass is 10.1. The zero-order valence-electron chi connectivity index (χ0n) is 12.8. The van der Waals surface area contributed by atoms with E-state index in [0.29, 0.717) is 11.3 Å². The van der Waals surface area contributed by atoms with Crippen LogP contribution < -0.4 is 0 Å². The van der Waals surface area contributed by atoms with Crippen molar-refractivity contribution in [2.75, 3.05) is 6.54 Å². The van der Waals surface area contributed by atoms with Gasteiger partial charge in [-0.15, -0.1) is 0 Å². The molecule has 0 unspecified atom stereocenters. The fraction of sp³-hybridized carbons (Fsp3) is 0.600. The molecule has 112 valence electrons. The highest BCUT2D eigenvalue weighted by Gasteiger charge is 2.24. The Labute approximate surface area is 119 Å². The molecular weight excluding hydrogens is 258 g/mol. The lowest BCUT2D eigenvalue weighted by Gasteiger charge is -2.25. The van der Waals surface area contributed by atoms with E-state index in [2.05, 4.69) is 0 Å². The van der Waals surface area contributed by atoms with Crippen molar-refractivity contribution in [3.63, 3.8) is 0 Å². The minimum atomic E-state index is -0.907. The van der Waals surface area contributed by atoms with Gasteiger partial charge >= 0.3 is 5.97 Å². The van der Waals surface area contributed by atoms with Crippen LogP contribution in [0.1, 0.15) is 61.9 Å². The van der Waals surface area contributed by atoms with Crippen molar-refractivity contribution in [1.29, 1.82) is 0 Å². The number of carbonyl (C=O) groups is 2. The summed E-state index contributed by atoms with van der Waals surface area (Å²) in [5.41, 5.74) is 0.521. The first-order chi connectivity index (χ1) is 9.23. The second-order valence-electron chi connectivity index (χ2n) is 5.51. The molecule has 5 nitrogen and oxygen atoms in total. The molecule has 0 aliphatic carbocycles. The van der Waals surface area contributed by atoms with Crippen LogP contribution in [-0.2, 0) is 4.79 Å². The number of aryl methyl sites for hydroxylation is 1. The maximum absolute atomic E-state index is 12.5. The number of furan rings is 1. The highest BCUT2D eigenvalue weighted by atomic mass is 16.4. The van der Waals surface area contributed by atoms with E-state index in [1.54, 1.807) is 17.9 Å². The van der Waals surface area contributed by atoms with Gasteiger partial charge in [-0.05, 0) is 26.8 Å². The summed E-state index contributed by atoms with van der Waals surface area (Å²) in [4.78, 5) is 24.8. The van der Waals surface area contributed by atoms with E-state index in [-0.39, 0.29) is 30.8 Å². The molecule has 0 saturated heterocycles. The first kappa shape index (κ1) is 16.3. The van der Waals surface area contributed by atoms with Gasteiger partial charge in [0, 0.05) is 18.5 Å². The maximum Gasteiger partial charge on any atom is 0.305 e. The molecule has 0 bridgehead atoms. The summed E-state index contributed by atoms with van der Waals surface area (Å²) in [5.74, 6) is 0.485. The van der Waals surface area contributed by atoms with E-state index in [0.717, 1.165) is 5.76 Å². The van der Waals surface area contributed by atoms with Gasteiger partial charge in [0.25, 0.3) is 5.91 Å². The quantitative estimate of drug-likeness (QED) is 0.870. The van der Waals surface area contributed by atoms with E-state index >= 15 is 0 Å². The standard InChI is InChI=1S/C15H23NO4/c1-9(2)13-8-12(11(5)20-13)15(19)16(10(3)4)7-6-14(17)18/h8-10H,6-7H2,1-5H3,(H,17,18). The van der Waals surface area contributed by atoms with Crippen LogP contribution in [0.25, 0.3) is 0 Å². The predicted molar refractivity (Wildman–Crippen MR) is 76.0 cm³/mol. The molecule has 1 N–H and O–H groups in total. The Morgan fingerprint density at radius 3 is 2.30 bits per heavy atom. The van der Waals surface area contributed by atoms with Gasteiger partial charge in [-0.25, -0.2) is 0 Å². The molecule has 0 atom stereocenters. The number of hydrogen-bond acceptors (Lipinski definition) is 3. The molecule has 0 aliphatic rings. The third-order valence-corrected chi connectivity index (χ3v) is 3.19. The van der Waals surface area contributed by atoms with Gasteiger partial charge in [0.1, 0.15) is 11.5 Å². The van der Waals surface area contributed by atoms with Crippen LogP contribution in [0.2, 0.25) is 0 Å². The summed E-state index contributed by atoms with van der Waals surface area (Å²) in [6.45, 7) is 9.70. The Morgan fingerprint density at radius 2 is 1.90 bits per heavy atom. The summed E-state index contributed by atoms with van der Waals surface area (Å²) >= 11 is 0. The van der Waals surface area contributed by atoms with Gasteiger partial charge in [0.2, 0.25) is 0 Å². The van der Waals surface area contributed by atoms with E-state index < -0.39 is 5.97 Å². The average molecular weight is 281 g/mol. The van der Waals surface area contributed by atoms with E-state index in [9.17, 15) is 9.59 Å². The zero-order chi connectivity index (χ0) is 15.4. The topological polar surface area (TPSA) is 70.8 Å². The van der Waals surface area contributed by atoms with Gasteiger partial charge in [-0.2, -0.15) is 0 Å². The van der Waals surface area contributed by atoms with Crippen molar-refractivity contribution in [2.24, 2.45) is 0 Å². The summed E-state index contributed by atoms with van der Waals surface area (Å²) in [5, 5.41) is 8.77. The van der Waals surface area contributed by atoms with E-state index in [1.165, 1.54) is 0 Å². The number of amides is 1. The Hall–Kier alpha value is -1.78. The molecular formula is C15H23NO4. The highest BCUT2D eigenvalue weighted by Crippen LogP contribution is 2.23. The predicted octanol–water partition coefficient (Wildman–Crippen LogP) is 3.04. The molecule has 0 saturated carbocycles. The Balaban J connectivity index is 2.97. The Bertz CT molecular complexity index is 488. The molecule has 0 fully saturated rings. The molecule has 1 heterocycles. The fourth-order valence-electron chi connectivity index (χ4n) is 1.97. The monoisotopic (exact) mass is 281 g/mol. The van der Waals surface area contributed by atoms with Crippen molar-refractivity contribution in [1.82, 2.24) is 4.90 Å². The SMILES string of the molecule is Cc1oc(C(C)C)cc1C(=O)N(CCC(=O)O)C(C)C. The highest BCUT2D eigenvalue weighted by molar-refractivity contribution is 5.95. The van der Waals surface area contributed by atoms with Gasteiger partial charge < -0.3 is 14.4 Å². The number of rotatable bonds is 6. The van der Waals surface area contributed by atoms with E-state index in [1.807, 2.05) is 27.7 Å². The first-order valence-corrected chi connectivity index (χ1v) is 6.87. The molecule has 1 rings (SSSR count). The molecule has 0 aliphatic heterocycles. The van der Waals surface area contributed by atoms with Crippen LogP contribution >= 0.6 is 0 Å².